The molecule has 0 saturated carbocycles. The first kappa shape index (κ1) is 27.4. The standard InChI is InChI=1S/C39H26N4S3/c1-4-19-34-31(16-1)40-37(44-34)25-10-7-13-28(22-25)43(29-14-8-11-26(23-29)38-41-32-17-2-5-20-35(32)45-38)30-15-9-12-27(24-30)39-42-33-18-3-6-21-36(33)46-39/h1-24,37,40H. The summed E-state index contributed by atoms with van der Waals surface area (Å²) < 4.78 is 2.39. The van der Waals surface area contributed by atoms with Gasteiger partial charge in [-0.2, -0.15) is 0 Å². The molecule has 0 radical (unpaired) electrons. The third kappa shape index (κ3) is 5.03. The lowest BCUT2D eigenvalue weighted by molar-refractivity contribution is 1.13. The van der Waals surface area contributed by atoms with Crippen LogP contribution in [0.15, 0.2) is 150 Å². The highest BCUT2D eigenvalue weighted by Gasteiger charge is 2.24. The Kier molecular flexibility index (Phi) is 6.81. The van der Waals surface area contributed by atoms with Crippen molar-refractivity contribution < 1.29 is 0 Å². The highest BCUT2D eigenvalue weighted by molar-refractivity contribution is 8.00. The molecule has 6 aromatic carbocycles. The minimum absolute atomic E-state index is 0.141. The summed E-state index contributed by atoms with van der Waals surface area (Å²) >= 11 is 5.32. The Bertz CT molecular complexity index is 2170. The Morgan fingerprint density at radius 3 is 1.67 bits per heavy atom. The Morgan fingerprint density at radius 1 is 0.522 bits per heavy atom. The first-order valence-corrected chi connectivity index (χ1v) is 17.6. The second kappa shape index (κ2) is 11.4. The van der Waals surface area contributed by atoms with Gasteiger partial charge >= 0.3 is 0 Å². The van der Waals surface area contributed by atoms with Gasteiger partial charge < -0.3 is 10.2 Å². The molecule has 1 aliphatic heterocycles. The highest BCUT2D eigenvalue weighted by atomic mass is 32.2. The molecule has 8 aromatic rings. The molecule has 7 heteroatoms. The van der Waals surface area contributed by atoms with E-state index in [2.05, 4.69) is 144 Å². The number of hydrogen-bond acceptors (Lipinski definition) is 7. The molecule has 0 spiro atoms. The third-order valence-electron chi connectivity index (χ3n) is 8.14. The van der Waals surface area contributed by atoms with Gasteiger partial charge in [0.05, 0.1) is 20.4 Å². The van der Waals surface area contributed by atoms with E-state index in [1.807, 2.05) is 23.9 Å². The number of thioether (sulfide) groups is 1. The lowest BCUT2D eigenvalue weighted by Crippen LogP contribution is -2.11. The van der Waals surface area contributed by atoms with Crippen molar-refractivity contribution in [3.05, 3.63) is 151 Å². The van der Waals surface area contributed by atoms with Crippen LogP contribution in [0, 0.1) is 0 Å². The monoisotopic (exact) mass is 646 g/mol. The lowest BCUT2D eigenvalue weighted by atomic mass is 10.1. The quantitative estimate of drug-likeness (QED) is 0.195. The van der Waals surface area contributed by atoms with Crippen LogP contribution in [0.25, 0.3) is 41.6 Å². The summed E-state index contributed by atoms with van der Waals surface area (Å²) in [6, 6.07) is 51.6. The van der Waals surface area contributed by atoms with Crippen LogP contribution in [-0.4, -0.2) is 9.97 Å². The molecule has 1 unspecified atom stereocenters. The Balaban J connectivity index is 1.16. The van der Waals surface area contributed by atoms with Crippen LogP contribution in [0.2, 0.25) is 0 Å². The van der Waals surface area contributed by atoms with Crippen molar-refractivity contribution in [2.45, 2.75) is 10.3 Å². The van der Waals surface area contributed by atoms with Crippen molar-refractivity contribution in [1.82, 2.24) is 9.97 Å². The minimum atomic E-state index is 0.141. The number of anilines is 4. The molecule has 0 saturated heterocycles. The molecule has 0 aliphatic carbocycles. The summed E-state index contributed by atoms with van der Waals surface area (Å²) in [5.74, 6) is 0. The molecule has 1 N–H and O–H groups in total. The van der Waals surface area contributed by atoms with E-state index in [-0.39, 0.29) is 5.37 Å². The number of aromatic nitrogens is 2. The number of fused-ring (bicyclic) bond motifs is 3. The molecule has 1 atom stereocenters. The predicted octanol–water partition coefficient (Wildman–Crippen LogP) is 11.9. The fourth-order valence-corrected chi connectivity index (χ4v) is 9.02. The molecule has 3 heterocycles. The maximum atomic E-state index is 4.97. The first-order chi connectivity index (χ1) is 22.7. The fraction of sp³-hybridized carbons (Fsp3) is 0.0256. The van der Waals surface area contributed by atoms with Crippen molar-refractivity contribution >= 4 is 77.6 Å². The van der Waals surface area contributed by atoms with Crippen LogP contribution in [-0.2, 0) is 0 Å². The van der Waals surface area contributed by atoms with Crippen LogP contribution in [0.5, 0.6) is 0 Å². The third-order valence-corrected chi connectivity index (χ3v) is 11.5. The van der Waals surface area contributed by atoms with Gasteiger partial charge in [-0.3, -0.25) is 0 Å². The summed E-state index contributed by atoms with van der Waals surface area (Å²) in [6.45, 7) is 0. The number of para-hydroxylation sites is 3. The van der Waals surface area contributed by atoms with E-state index in [9.17, 15) is 0 Å². The summed E-state index contributed by atoms with van der Waals surface area (Å²) in [4.78, 5) is 13.6. The number of benzene rings is 6. The van der Waals surface area contributed by atoms with Crippen LogP contribution in [0.3, 0.4) is 0 Å². The SMILES string of the molecule is c1cc(-c2nc3ccccc3s2)cc(N(c2cccc(-c3nc4ccccc4s3)c2)c2cccc(C3Nc4ccccc4S3)c2)c1. The van der Waals surface area contributed by atoms with E-state index in [0.29, 0.717) is 0 Å². The molecule has 0 bridgehead atoms. The van der Waals surface area contributed by atoms with Crippen molar-refractivity contribution in [1.29, 1.82) is 0 Å². The smallest absolute Gasteiger partial charge is 0.124 e. The van der Waals surface area contributed by atoms with Gasteiger partial charge in [0, 0.05) is 38.8 Å². The normalized spacial score (nSPS) is 14.0. The fourth-order valence-electron chi connectivity index (χ4n) is 5.96. The summed E-state index contributed by atoms with van der Waals surface area (Å²) in [6.07, 6.45) is 0. The molecule has 220 valence electrons. The van der Waals surface area contributed by atoms with Crippen LogP contribution in [0.1, 0.15) is 10.9 Å². The van der Waals surface area contributed by atoms with E-state index < -0.39 is 0 Å². The van der Waals surface area contributed by atoms with Gasteiger partial charge in [0.15, 0.2) is 0 Å². The zero-order valence-electron chi connectivity index (χ0n) is 24.5. The van der Waals surface area contributed by atoms with Crippen molar-refractivity contribution in [3.8, 4) is 21.1 Å². The van der Waals surface area contributed by atoms with Gasteiger partial charge in [-0.05, 0) is 78.4 Å². The van der Waals surface area contributed by atoms with E-state index in [0.717, 1.165) is 49.2 Å². The molecular weight excluding hydrogens is 621 g/mol. The maximum absolute atomic E-state index is 4.97. The van der Waals surface area contributed by atoms with Crippen LogP contribution in [0.4, 0.5) is 22.7 Å². The Morgan fingerprint density at radius 2 is 1.07 bits per heavy atom. The van der Waals surface area contributed by atoms with Gasteiger partial charge in [-0.1, -0.05) is 84.6 Å². The second-order valence-electron chi connectivity index (χ2n) is 11.1. The lowest BCUT2D eigenvalue weighted by Gasteiger charge is -2.27. The van der Waals surface area contributed by atoms with Gasteiger partial charge in [0.2, 0.25) is 0 Å². The van der Waals surface area contributed by atoms with Crippen molar-refractivity contribution in [3.63, 3.8) is 0 Å². The van der Waals surface area contributed by atoms with E-state index in [1.54, 1.807) is 22.7 Å². The number of nitrogens with zero attached hydrogens (tertiary/aromatic N) is 3. The van der Waals surface area contributed by atoms with Gasteiger partial charge in [-0.25, -0.2) is 9.97 Å². The zero-order valence-corrected chi connectivity index (χ0v) is 26.9. The first-order valence-electron chi connectivity index (χ1n) is 15.1. The largest absolute Gasteiger partial charge is 0.368 e. The zero-order chi connectivity index (χ0) is 30.5. The summed E-state index contributed by atoms with van der Waals surface area (Å²) in [7, 11) is 0. The molecular formula is C39H26N4S3. The molecule has 0 amide bonds. The maximum Gasteiger partial charge on any atom is 0.124 e. The molecule has 1 aliphatic rings. The number of thiazole rings is 2. The van der Waals surface area contributed by atoms with Crippen LogP contribution >= 0.6 is 34.4 Å². The van der Waals surface area contributed by atoms with Gasteiger partial charge in [-0.15, -0.1) is 22.7 Å². The topological polar surface area (TPSA) is 41.1 Å². The van der Waals surface area contributed by atoms with Gasteiger partial charge in [0.1, 0.15) is 15.4 Å². The summed E-state index contributed by atoms with van der Waals surface area (Å²) in [5, 5.41) is 5.89. The molecule has 9 rings (SSSR count). The Hall–Kier alpha value is -4.95. The second-order valence-corrected chi connectivity index (χ2v) is 14.4. The van der Waals surface area contributed by atoms with Crippen LogP contribution < -0.4 is 10.2 Å². The number of rotatable bonds is 6. The van der Waals surface area contributed by atoms with Crippen molar-refractivity contribution in [2.24, 2.45) is 0 Å². The number of nitrogens with one attached hydrogen (secondary N) is 1. The van der Waals surface area contributed by atoms with E-state index in [4.69, 9.17) is 9.97 Å². The van der Waals surface area contributed by atoms with Crippen molar-refractivity contribution in [2.75, 3.05) is 10.2 Å². The minimum Gasteiger partial charge on any atom is -0.368 e. The molecule has 0 fully saturated rings. The highest BCUT2D eigenvalue weighted by Crippen LogP contribution is 2.48. The van der Waals surface area contributed by atoms with Gasteiger partial charge in [0.25, 0.3) is 0 Å². The molecule has 4 nitrogen and oxygen atoms in total. The van der Waals surface area contributed by atoms with E-state index in [1.165, 1.54) is 25.5 Å². The van der Waals surface area contributed by atoms with E-state index >= 15 is 0 Å². The average molecular weight is 647 g/mol. The average Bonchev–Trinajstić information content (AvgIpc) is 3.86. The molecule has 46 heavy (non-hydrogen) atoms. The molecule has 2 aromatic heterocycles. The predicted molar refractivity (Wildman–Crippen MR) is 197 cm³/mol. The number of hydrogen-bond donors (Lipinski definition) is 1. The Labute approximate surface area is 279 Å². The summed E-state index contributed by atoms with van der Waals surface area (Å²) in [5.41, 5.74) is 9.93.